The Morgan fingerprint density at radius 2 is 1.55 bits per heavy atom. The van der Waals surface area contributed by atoms with Gasteiger partial charge < -0.3 is 47.9 Å². The first kappa shape index (κ1) is 38.8. The molecule has 14 heteroatoms. The molecule has 1 spiro atoms. The van der Waals surface area contributed by atoms with Crippen LogP contribution in [0.15, 0.2) is 54.3 Å². The van der Waals surface area contributed by atoms with E-state index in [1.54, 1.807) is 84.0 Å². The highest BCUT2D eigenvalue weighted by molar-refractivity contribution is 5.89. The second kappa shape index (κ2) is 13.3. The lowest BCUT2D eigenvalue weighted by atomic mass is 9.50. The molecule has 2 fully saturated rings. The molecule has 0 unspecified atom stereocenters. The van der Waals surface area contributed by atoms with Crippen molar-refractivity contribution in [2.24, 2.45) is 0 Å². The van der Waals surface area contributed by atoms with Gasteiger partial charge in [0.25, 0.3) is 0 Å². The lowest BCUT2D eigenvalue weighted by molar-refractivity contribution is -0.186. The Bertz CT molecular complexity index is 1930. The molecule has 0 aromatic heterocycles. The van der Waals surface area contributed by atoms with Gasteiger partial charge in [0.1, 0.15) is 17.0 Å². The van der Waals surface area contributed by atoms with Gasteiger partial charge in [-0.2, -0.15) is 0 Å². The number of carbonyl (C=O) groups excluding carboxylic acids is 4. The van der Waals surface area contributed by atoms with Gasteiger partial charge in [-0.3, -0.25) is 0 Å². The second-order valence-electron chi connectivity index (χ2n) is 17.3. The minimum Gasteiger partial charge on any atom is -0.477 e. The van der Waals surface area contributed by atoms with Gasteiger partial charge in [0.05, 0.1) is 11.0 Å². The molecule has 0 radical (unpaired) electrons. The SMILES string of the molecule is CN1CC[C@]23c4c5ccc(OC(=O)OC(C)(C)C)c4O[C@H]2C(OC(=O)[C@@H]2OC(C)(C)O[C@H]2C(=O)O[C@H](C(=O)OC(C)(C)C)c2ccccc2)=CC[C@@]3(O)[C@H]1C5. The number of hydrogen-bond donors (Lipinski definition) is 1. The summed E-state index contributed by atoms with van der Waals surface area (Å²) in [5.41, 5.74) is -2.13. The summed E-state index contributed by atoms with van der Waals surface area (Å²) in [6.07, 6.45) is -3.94. The predicted octanol–water partition coefficient (Wildman–Crippen LogP) is 4.97. The Labute approximate surface area is 319 Å². The van der Waals surface area contributed by atoms with Crippen LogP contribution in [0.5, 0.6) is 11.5 Å². The monoisotopic (exact) mass is 763 g/mol. The second-order valence-corrected chi connectivity index (χ2v) is 17.3. The first-order valence-electron chi connectivity index (χ1n) is 18.5. The van der Waals surface area contributed by atoms with E-state index in [2.05, 4.69) is 4.90 Å². The Hall–Kier alpha value is -4.50. The zero-order valence-electron chi connectivity index (χ0n) is 32.6. The molecule has 1 N–H and O–H groups in total. The van der Waals surface area contributed by atoms with E-state index in [-0.39, 0.29) is 29.7 Å². The van der Waals surface area contributed by atoms with Crippen molar-refractivity contribution in [3.63, 3.8) is 0 Å². The van der Waals surface area contributed by atoms with E-state index >= 15 is 0 Å². The molecule has 2 saturated heterocycles. The van der Waals surface area contributed by atoms with Crippen LogP contribution < -0.4 is 9.47 Å². The fourth-order valence-electron chi connectivity index (χ4n) is 8.57. The first-order chi connectivity index (χ1) is 25.6. The standard InChI is InChI=1S/C41H49NO13/c1-37(2,3)54-35(45)28(22-13-11-10-12-14-22)51-34(44)31-30(52-39(7,8)53-31)33(43)48-25-17-18-41(47)26-21-23-15-16-24(49-36(46)55-38(4,5)6)29-27(23)40(41,32(25)50-29)19-20-42(26)9/h10-17,26,28,30-32,47H,18-21H2,1-9H3/t26-,28+,30-,31-,32+,40+,41-/m1/s1. The molecule has 7 rings (SSSR count). The molecule has 0 saturated carbocycles. The molecule has 14 nitrogen and oxygen atoms in total. The van der Waals surface area contributed by atoms with Crippen LogP contribution in [0, 0.1) is 0 Å². The van der Waals surface area contributed by atoms with E-state index in [9.17, 15) is 24.3 Å². The molecule has 3 aliphatic heterocycles. The zero-order chi connectivity index (χ0) is 39.9. The minimum absolute atomic E-state index is 0.0987. The number of rotatable bonds is 7. The van der Waals surface area contributed by atoms with E-state index in [0.717, 1.165) is 5.56 Å². The molecule has 7 atom stereocenters. The van der Waals surface area contributed by atoms with Crippen molar-refractivity contribution in [3.8, 4) is 11.5 Å². The Kier molecular flexibility index (Phi) is 9.39. The summed E-state index contributed by atoms with van der Waals surface area (Å²) in [7, 11) is 1.97. The van der Waals surface area contributed by atoms with E-state index in [0.29, 0.717) is 30.5 Å². The van der Waals surface area contributed by atoms with Gasteiger partial charge in [0, 0.05) is 23.6 Å². The molecule has 55 heavy (non-hydrogen) atoms. The smallest absolute Gasteiger partial charge is 0.477 e. The number of carbonyl (C=O) groups is 4. The van der Waals surface area contributed by atoms with Gasteiger partial charge >= 0.3 is 24.1 Å². The quantitative estimate of drug-likeness (QED) is 0.228. The topological polar surface area (TPSA) is 166 Å². The van der Waals surface area contributed by atoms with Crippen molar-refractivity contribution >= 4 is 24.1 Å². The summed E-state index contributed by atoms with van der Waals surface area (Å²) >= 11 is 0. The molecule has 2 aromatic carbocycles. The highest BCUT2D eigenvalue weighted by atomic mass is 16.8. The number of hydrogen-bond acceptors (Lipinski definition) is 14. The van der Waals surface area contributed by atoms with Gasteiger partial charge in [-0.1, -0.05) is 36.4 Å². The lowest BCUT2D eigenvalue weighted by Crippen LogP contribution is -2.74. The van der Waals surface area contributed by atoms with Crippen LogP contribution in [-0.2, 0) is 54.6 Å². The van der Waals surface area contributed by atoms with Gasteiger partial charge in [0.2, 0.25) is 6.10 Å². The van der Waals surface area contributed by atoms with Crippen LogP contribution in [0.3, 0.4) is 0 Å². The van der Waals surface area contributed by atoms with E-state index < -0.39 is 76.5 Å². The molecular weight excluding hydrogens is 714 g/mol. The molecule has 2 aromatic rings. The van der Waals surface area contributed by atoms with Gasteiger partial charge in [-0.25, -0.2) is 19.2 Å². The zero-order valence-corrected chi connectivity index (χ0v) is 32.6. The third-order valence-corrected chi connectivity index (χ3v) is 10.7. The van der Waals surface area contributed by atoms with Crippen LogP contribution in [0.2, 0.25) is 0 Å². The van der Waals surface area contributed by atoms with E-state index in [1.807, 2.05) is 13.1 Å². The minimum atomic E-state index is -1.63. The number of likely N-dealkylation sites (tertiary alicyclic amines) is 1. The number of ether oxygens (including phenoxy) is 8. The third-order valence-electron chi connectivity index (χ3n) is 10.7. The predicted molar refractivity (Wildman–Crippen MR) is 193 cm³/mol. The largest absolute Gasteiger partial charge is 0.514 e. The highest BCUT2D eigenvalue weighted by Crippen LogP contribution is 2.65. The Morgan fingerprint density at radius 3 is 2.20 bits per heavy atom. The van der Waals surface area contributed by atoms with Gasteiger partial charge in [0.15, 0.2) is 35.6 Å². The summed E-state index contributed by atoms with van der Waals surface area (Å²) in [5, 5.41) is 12.7. The average Bonchev–Trinajstić information content (AvgIpc) is 3.61. The third kappa shape index (κ3) is 6.87. The normalized spacial score (nSPS) is 29.5. The van der Waals surface area contributed by atoms with Crippen LogP contribution in [0.25, 0.3) is 0 Å². The maximum Gasteiger partial charge on any atom is 0.514 e. The Balaban J connectivity index is 1.18. The highest BCUT2D eigenvalue weighted by Gasteiger charge is 2.72. The number of benzene rings is 2. The molecule has 296 valence electrons. The first-order valence-corrected chi connectivity index (χ1v) is 18.5. The molecule has 2 bridgehead atoms. The maximum atomic E-state index is 14.2. The van der Waals surface area contributed by atoms with Crippen LogP contribution in [-0.4, -0.2) is 94.6 Å². The number of likely N-dealkylation sites (N-methyl/N-ethyl adjacent to an activating group) is 1. The number of nitrogens with zero attached hydrogens (tertiary/aromatic N) is 1. The number of piperidine rings is 1. The van der Waals surface area contributed by atoms with Gasteiger partial charge in [-0.15, -0.1) is 0 Å². The molecule has 2 aliphatic carbocycles. The van der Waals surface area contributed by atoms with Crippen molar-refractivity contribution in [2.75, 3.05) is 13.6 Å². The number of aliphatic hydroxyl groups is 1. The lowest BCUT2D eigenvalue weighted by Gasteiger charge is -2.61. The van der Waals surface area contributed by atoms with Crippen LogP contribution >= 0.6 is 0 Å². The van der Waals surface area contributed by atoms with Crippen molar-refractivity contribution in [3.05, 3.63) is 71.0 Å². The van der Waals surface area contributed by atoms with E-state index in [1.165, 1.54) is 13.8 Å². The average molecular weight is 764 g/mol. The van der Waals surface area contributed by atoms with Crippen molar-refractivity contribution in [2.45, 2.75) is 133 Å². The summed E-state index contributed by atoms with van der Waals surface area (Å²) in [4.78, 5) is 56.3. The van der Waals surface area contributed by atoms with Crippen molar-refractivity contribution in [1.82, 2.24) is 4.90 Å². The molecular formula is C41H49NO13. The summed E-state index contributed by atoms with van der Waals surface area (Å²) in [6.45, 7) is 13.9. The number of esters is 3. The summed E-state index contributed by atoms with van der Waals surface area (Å²) < 4.78 is 47.0. The fourth-order valence-corrected chi connectivity index (χ4v) is 8.57. The molecule has 5 aliphatic rings. The maximum absolute atomic E-state index is 14.2. The van der Waals surface area contributed by atoms with E-state index in [4.69, 9.17) is 37.9 Å². The Morgan fingerprint density at radius 1 is 0.891 bits per heavy atom. The van der Waals surface area contributed by atoms with Crippen LogP contribution in [0.1, 0.15) is 91.0 Å². The summed E-state index contributed by atoms with van der Waals surface area (Å²) in [6, 6.07) is 11.6. The van der Waals surface area contributed by atoms with Gasteiger partial charge in [-0.05, 0) is 99.5 Å². The van der Waals surface area contributed by atoms with Crippen molar-refractivity contribution < 1.29 is 62.2 Å². The summed E-state index contributed by atoms with van der Waals surface area (Å²) in [5.74, 6) is -3.77. The van der Waals surface area contributed by atoms with Crippen LogP contribution in [0.4, 0.5) is 4.79 Å². The fraction of sp³-hybridized carbons (Fsp3) is 0.561. The molecule has 0 amide bonds. The molecule has 3 heterocycles. The van der Waals surface area contributed by atoms with Crippen molar-refractivity contribution in [1.29, 1.82) is 0 Å².